The summed E-state index contributed by atoms with van der Waals surface area (Å²) in [7, 11) is 0. The second kappa shape index (κ2) is 7.73. The Morgan fingerprint density at radius 1 is 1.29 bits per heavy atom. The molecule has 0 saturated heterocycles. The first-order valence-electron chi connectivity index (χ1n) is 8.11. The van der Waals surface area contributed by atoms with E-state index in [1.165, 1.54) is 0 Å². The molecule has 3 rings (SSSR count). The molecule has 4 nitrogen and oxygen atoms in total. The van der Waals surface area contributed by atoms with Crippen LogP contribution in [-0.4, -0.2) is 23.4 Å². The van der Waals surface area contributed by atoms with Crippen molar-refractivity contribution in [3.63, 3.8) is 0 Å². The van der Waals surface area contributed by atoms with Crippen LogP contribution in [-0.2, 0) is 5.75 Å². The third-order valence-corrected chi connectivity index (χ3v) is 4.94. The Labute approximate surface area is 146 Å². The van der Waals surface area contributed by atoms with E-state index in [2.05, 4.69) is 12.2 Å². The minimum atomic E-state index is -0.543. The van der Waals surface area contributed by atoms with Gasteiger partial charge in [-0.25, -0.2) is 0 Å². The molecule has 5 heteroatoms. The smallest absolute Gasteiger partial charge is 0.256 e. The fourth-order valence-corrected chi connectivity index (χ4v) is 3.45. The second-order valence-electron chi connectivity index (χ2n) is 5.63. The summed E-state index contributed by atoms with van der Waals surface area (Å²) in [5.41, 5.74) is 3.03. The molecule has 1 aliphatic heterocycles. The average molecular weight is 343 g/mol. The summed E-state index contributed by atoms with van der Waals surface area (Å²) in [5, 5.41) is 13.0. The zero-order valence-electron chi connectivity index (χ0n) is 13.6. The van der Waals surface area contributed by atoms with Gasteiger partial charge in [0.05, 0.1) is 18.4 Å². The number of para-hydroxylation sites is 1. The van der Waals surface area contributed by atoms with Crippen LogP contribution in [0.2, 0.25) is 0 Å². The lowest BCUT2D eigenvalue weighted by atomic mass is 10.0. The summed E-state index contributed by atoms with van der Waals surface area (Å²) in [4.78, 5) is 12.7. The van der Waals surface area contributed by atoms with Crippen molar-refractivity contribution in [1.29, 1.82) is 0 Å². The van der Waals surface area contributed by atoms with E-state index in [0.29, 0.717) is 30.0 Å². The molecule has 1 atom stereocenters. The van der Waals surface area contributed by atoms with Crippen molar-refractivity contribution in [2.75, 3.05) is 17.7 Å². The molecule has 1 heterocycles. The number of fused-ring (bicyclic) bond motifs is 1. The third kappa shape index (κ3) is 3.57. The summed E-state index contributed by atoms with van der Waals surface area (Å²) in [5.74, 6) is 2.24. The Balaban J connectivity index is 1.85. The van der Waals surface area contributed by atoms with Crippen LogP contribution in [0.15, 0.2) is 42.5 Å². The second-order valence-corrected chi connectivity index (χ2v) is 6.90. The van der Waals surface area contributed by atoms with E-state index in [4.69, 9.17) is 4.74 Å². The van der Waals surface area contributed by atoms with Crippen molar-refractivity contribution in [3.05, 3.63) is 59.2 Å². The van der Waals surface area contributed by atoms with Crippen LogP contribution >= 0.6 is 11.8 Å². The Morgan fingerprint density at radius 3 is 2.96 bits per heavy atom. The first kappa shape index (κ1) is 16.9. The van der Waals surface area contributed by atoms with Gasteiger partial charge in [0, 0.05) is 23.3 Å². The molecule has 0 fully saturated rings. The number of carbonyl (C=O) groups is 1. The van der Waals surface area contributed by atoms with Crippen LogP contribution in [0.1, 0.15) is 40.9 Å². The molecule has 126 valence electrons. The minimum Gasteiger partial charge on any atom is -0.491 e. The van der Waals surface area contributed by atoms with Crippen molar-refractivity contribution in [2.45, 2.75) is 25.2 Å². The van der Waals surface area contributed by atoms with E-state index in [1.54, 1.807) is 17.8 Å². The molecule has 0 saturated carbocycles. The number of hydrogen-bond donors (Lipinski definition) is 2. The maximum Gasteiger partial charge on any atom is 0.256 e. The van der Waals surface area contributed by atoms with Gasteiger partial charge in [0.2, 0.25) is 0 Å². The molecule has 2 aromatic carbocycles. The number of thioether (sulfide) groups is 1. The van der Waals surface area contributed by atoms with Crippen molar-refractivity contribution in [3.8, 4) is 5.75 Å². The molecule has 0 radical (unpaired) electrons. The molecule has 2 N–H and O–H groups in total. The molecular weight excluding hydrogens is 322 g/mol. The third-order valence-electron chi connectivity index (χ3n) is 4.01. The Hall–Kier alpha value is -1.98. The van der Waals surface area contributed by atoms with Gasteiger partial charge >= 0.3 is 0 Å². The number of aliphatic hydroxyl groups is 1. The van der Waals surface area contributed by atoms with Crippen LogP contribution < -0.4 is 10.1 Å². The topological polar surface area (TPSA) is 58.6 Å². The van der Waals surface area contributed by atoms with E-state index in [-0.39, 0.29) is 5.91 Å². The molecule has 0 bridgehead atoms. The van der Waals surface area contributed by atoms with Gasteiger partial charge < -0.3 is 15.2 Å². The summed E-state index contributed by atoms with van der Waals surface area (Å²) in [6.45, 7) is 2.55. The summed E-state index contributed by atoms with van der Waals surface area (Å²) in [6, 6.07) is 13.1. The van der Waals surface area contributed by atoms with E-state index in [1.807, 2.05) is 36.4 Å². The molecule has 24 heavy (non-hydrogen) atoms. The maximum atomic E-state index is 12.7. The fraction of sp³-hybridized carbons (Fsp3) is 0.316. The fourth-order valence-electron chi connectivity index (χ4n) is 2.77. The zero-order valence-corrected chi connectivity index (χ0v) is 14.4. The summed E-state index contributed by atoms with van der Waals surface area (Å²) >= 11 is 1.78. The lowest BCUT2D eigenvalue weighted by molar-refractivity contribution is 0.102. The highest BCUT2D eigenvalue weighted by Crippen LogP contribution is 2.38. The molecule has 1 amide bonds. The number of amides is 1. The highest BCUT2D eigenvalue weighted by molar-refractivity contribution is 7.98. The lowest BCUT2D eigenvalue weighted by Crippen LogP contribution is -2.19. The van der Waals surface area contributed by atoms with Crippen molar-refractivity contribution >= 4 is 23.4 Å². The lowest BCUT2D eigenvalue weighted by Gasteiger charge is -2.24. The Bertz CT molecular complexity index is 732. The molecule has 0 unspecified atom stereocenters. The molecule has 0 spiro atoms. The minimum absolute atomic E-state index is 0.153. The number of benzene rings is 2. The standard InChI is InChI=1S/C19H21NO3S/c1-2-24-12-13-6-3-4-7-14(13)19(22)20-16-9-5-8-15-17(21)10-11-23-18(15)16/h3-9,17,21H,2,10-12H2,1H3,(H,20,22)/t17-/m1/s1. The van der Waals surface area contributed by atoms with E-state index < -0.39 is 6.10 Å². The highest BCUT2D eigenvalue weighted by Gasteiger charge is 2.23. The predicted octanol–water partition coefficient (Wildman–Crippen LogP) is 4.01. The van der Waals surface area contributed by atoms with Crippen LogP contribution in [0.3, 0.4) is 0 Å². The van der Waals surface area contributed by atoms with Crippen LogP contribution in [0.25, 0.3) is 0 Å². The number of rotatable bonds is 5. The van der Waals surface area contributed by atoms with Gasteiger partial charge in [-0.15, -0.1) is 0 Å². The number of aliphatic hydroxyl groups excluding tert-OH is 1. The predicted molar refractivity (Wildman–Crippen MR) is 97.7 cm³/mol. The first-order valence-corrected chi connectivity index (χ1v) is 9.27. The average Bonchev–Trinajstić information content (AvgIpc) is 2.61. The number of nitrogens with one attached hydrogen (secondary N) is 1. The Morgan fingerprint density at radius 2 is 2.12 bits per heavy atom. The van der Waals surface area contributed by atoms with Gasteiger partial charge in [0.25, 0.3) is 5.91 Å². The molecule has 0 aromatic heterocycles. The van der Waals surface area contributed by atoms with Gasteiger partial charge in [-0.3, -0.25) is 4.79 Å². The molecular formula is C19H21NO3S. The van der Waals surface area contributed by atoms with E-state index in [0.717, 1.165) is 22.6 Å². The maximum absolute atomic E-state index is 12.7. The quantitative estimate of drug-likeness (QED) is 0.861. The largest absolute Gasteiger partial charge is 0.491 e. The van der Waals surface area contributed by atoms with Crippen molar-refractivity contribution < 1.29 is 14.6 Å². The van der Waals surface area contributed by atoms with Gasteiger partial charge in [0.1, 0.15) is 5.75 Å². The first-order chi connectivity index (χ1) is 11.7. The monoisotopic (exact) mass is 343 g/mol. The normalized spacial score (nSPS) is 16.2. The number of hydrogen-bond acceptors (Lipinski definition) is 4. The SMILES string of the molecule is CCSCc1ccccc1C(=O)Nc1cccc2c1OCC[C@H]2O. The highest BCUT2D eigenvalue weighted by atomic mass is 32.2. The van der Waals surface area contributed by atoms with Crippen LogP contribution in [0.4, 0.5) is 5.69 Å². The van der Waals surface area contributed by atoms with Crippen LogP contribution in [0.5, 0.6) is 5.75 Å². The van der Waals surface area contributed by atoms with E-state index in [9.17, 15) is 9.90 Å². The van der Waals surface area contributed by atoms with Crippen molar-refractivity contribution in [2.24, 2.45) is 0 Å². The zero-order chi connectivity index (χ0) is 16.9. The molecule has 0 aliphatic carbocycles. The van der Waals surface area contributed by atoms with Crippen molar-refractivity contribution in [1.82, 2.24) is 0 Å². The molecule has 2 aromatic rings. The Kier molecular flexibility index (Phi) is 5.43. The summed E-state index contributed by atoms with van der Waals surface area (Å²) < 4.78 is 5.68. The summed E-state index contributed by atoms with van der Waals surface area (Å²) in [6.07, 6.45) is 0.0282. The van der Waals surface area contributed by atoms with Gasteiger partial charge in [-0.2, -0.15) is 11.8 Å². The van der Waals surface area contributed by atoms with E-state index >= 15 is 0 Å². The van der Waals surface area contributed by atoms with Gasteiger partial charge in [-0.1, -0.05) is 37.3 Å². The van der Waals surface area contributed by atoms with Crippen LogP contribution in [0, 0.1) is 0 Å². The van der Waals surface area contributed by atoms with Gasteiger partial charge in [0.15, 0.2) is 0 Å². The number of ether oxygens (including phenoxy) is 1. The number of carbonyl (C=O) groups excluding carboxylic acids is 1. The van der Waals surface area contributed by atoms with Gasteiger partial charge in [-0.05, 0) is 23.4 Å². The number of anilines is 1. The molecule has 1 aliphatic rings.